The maximum absolute atomic E-state index is 11.8. The summed E-state index contributed by atoms with van der Waals surface area (Å²) < 4.78 is 0. The second-order valence-electron chi connectivity index (χ2n) is 6.31. The van der Waals surface area contributed by atoms with E-state index in [0.29, 0.717) is 23.0 Å². The van der Waals surface area contributed by atoms with Crippen LogP contribution >= 0.6 is 23.2 Å². The molecule has 1 aromatic carbocycles. The first-order valence-electron chi connectivity index (χ1n) is 8.65. The predicted molar refractivity (Wildman–Crippen MR) is 105 cm³/mol. The molecule has 1 aliphatic heterocycles. The van der Waals surface area contributed by atoms with Gasteiger partial charge in [0, 0.05) is 55.1 Å². The van der Waals surface area contributed by atoms with Crippen molar-refractivity contribution in [2.45, 2.75) is 38.6 Å². The molecule has 25 heavy (non-hydrogen) atoms. The molecule has 0 spiro atoms. The summed E-state index contributed by atoms with van der Waals surface area (Å²) in [5, 5.41) is 8.07. The number of hydrogen-bond acceptors (Lipinski definition) is 2. The average Bonchev–Trinajstić information content (AvgIpc) is 3.06. The Hall–Kier alpha value is -1.46. The van der Waals surface area contributed by atoms with Crippen molar-refractivity contribution in [2.24, 2.45) is 4.99 Å². The van der Waals surface area contributed by atoms with E-state index in [9.17, 15) is 4.79 Å². The number of nitrogens with zero attached hydrogens (tertiary/aromatic N) is 2. The summed E-state index contributed by atoms with van der Waals surface area (Å²) >= 11 is 12.5. The first-order valence-corrected chi connectivity index (χ1v) is 9.40. The third-order valence-corrected chi connectivity index (χ3v) is 5.14. The highest BCUT2D eigenvalue weighted by Gasteiger charge is 2.26. The van der Waals surface area contributed by atoms with Crippen LogP contribution in [0.3, 0.4) is 0 Å². The molecular weight excluding hydrogens is 359 g/mol. The van der Waals surface area contributed by atoms with Crippen LogP contribution < -0.4 is 10.6 Å². The van der Waals surface area contributed by atoms with Crippen molar-refractivity contribution in [3.05, 3.63) is 33.8 Å². The Morgan fingerprint density at radius 1 is 1.40 bits per heavy atom. The summed E-state index contributed by atoms with van der Waals surface area (Å²) in [7, 11) is 1.74. The minimum atomic E-state index is 0.140. The van der Waals surface area contributed by atoms with E-state index < -0.39 is 0 Å². The Morgan fingerprint density at radius 2 is 2.08 bits per heavy atom. The van der Waals surface area contributed by atoms with Crippen LogP contribution in [0.25, 0.3) is 0 Å². The summed E-state index contributed by atoms with van der Waals surface area (Å²) in [6.07, 6.45) is 1.48. The number of aliphatic imine (C=N–C) groups is 1. The molecule has 1 fully saturated rings. The standard InChI is InChI=1S/C18H26Cl2N4O/c1-4-16(25)24-9-8-13(11-24)23-18(21-3)22-10-12(2)17-14(19)6-5-7-15(17)20/h5-7,12-13H,4,8-11H2,1-3H3,(H2,21,22,23). The number of likely N-dealkylation sites (tertiary alicyclic amines) is 1. The molecule has 1 aliphatic rings. The van der Waals surface area contributed by atoms with Gasteiger partial charge in [0.15, 0.2) is 5.96 Å². The van der Waals surface area contributed by atoms with E-state index in [0.717, 1.165) is 31.0 Å². The van der Waals surface area contributed by atoms with Crippen LogP contribution in [-0.4, -0.2) is 49.5 Å². The molecule has 2 unspecified atom stereocenters. The van der Waals surface area contributed by atoms with E-state index in [2.05, 4.69) is 22.5 Å². The molecule has 2 atom stereocenters. The second kappa shape index (κ2) is 9.30. The van der Waals surface area contributed by atoms with E-state index in [1.54, 1.807) is 7.05 Å². The number of carbonyl (C=O) groups excluding carboxylic acids is 1. The molecule has 1 heterocycles. The third kappa shape index (κ3) is 5.25. The van der Waals surface area contributed by atoms with Gasteiger partial charge in [-0.3, -0.25) is 9.79 Å². The summed E-state index contributed by atoms with van der Waals surface area (Å²) in [5.74, 6) is 1.07. The van der Waals surface area contributed by atoms with Gasteiger partial charge < -0.3 is 15.5 Å². The normalized spacial score (nSPS) is 19.0. The lowest BCUT2D eigenvalue weighted by atomic mass is 10.0. The molecule has 0 bridgehead atoms. The van der Waals surface area contributed by atoms with Crippen molar-refractivity contribution in [3.63, 3.8) is 0 Å². The molecule has 5 nitrogen and oxygen atoms in total. The van der Waals surface area contributed by atoms with Crippen molar-refractivity contribution in [3.8, 4) is 0 Å². The quantitative estimate of drug-likeness (QED) is 0.604. The highest BCUT2D eigenvalue weighted by atomic mass is 35.5. The Kier molecular flexibility index (Phi) is 7.38. The van der Waals surface area contributed by atoms with Gasteiger partial charge in [0.05, 0.1) is 0 Å². The number of rotatable bonds is 5. The van der Waals surface area contributed by atoms with Gasteiger partial charge in [-0.1, -0.05) is 43.1 Å². The SMILES string of the molecule is CCC(=O)N1CCC(NC(=NC)NCC(C)c2c(Cl)cccc2Cl)C1. The van der Waals surface area contributed by atoms with Crippen molar-refractivity contribution in [2.75, 3.05) is 26.7 Å². The minimum absolute atomic E-state index is 0.140. The van der Waals surface area contributed by atoms with Gasteiger partial charge in [0.1, 0.15) is 0 Å². The van der Waals surface area contributed by atoms with Gasteiger partial charge >= 0.3 is 0 Å². The lowest BCUT2D eigenvalue weighted by molar-refractivity contribution is -0.129. The van der Waals surface area contributed by atoms with Gasteiger partial charge in [0.2, 0.25) is 5.91 Å². The Morgan fingerprint density at radius 3 is 2.68 bits per heavy atom. The average molecular weight is 385 g/mol. The van der Waals surface area contributed by atoms with Crippen LogP contribution in [0.4, 0.5) is 0 Å². The number of hydrogen-bond donors (Lipinski definition) is 2. The van der Waals surface area contributed by atoms with E-state index in [-0.39, 0.29) is 17.9 Å². The van der Waals surface area contributed by atoms with Crippen molar-refractivity contribution in [1.82, 2.24) is 15.5 Å². The Labute approximate surface area is 159 Å². The maximum Gasteiger partial charge on any atom is 0.222 e. The molecule has 138 valence electrons. The largest absolute Gasteiger partial charge is 0.356 e. The molecule has 0 aromatic heterocycles. The fourth-order valence-corrected chi connectivity index (χ4v) is 3.82. The van der Waals surface area contributed by atoms with E-state index in [4.69, 9.17) is 23.2 Å². The summed E-state index contributed by atoms with van der Waals surface area (Å²) in [5.41, 5.74) is 0.939. The van der Waals surface area contributed by atoms with Crippen LogP contribution in [0, 0.1) is 0 Å². The van der Waals surface area contributed by atoms with Gasteiger partial charge in [-0.25, -0.2) is 0 Å². The van der Waals surface area contributed by atoms with Gasteiger partial charge in [0.25, 0.3) is 0 Å². The van der Waals surface area contributed by atoms with Crippen LogP contribution in [-0.2, 0) is 4.79 Å². The van der Waals surface area contributed by atoms with E-state index in [1.807, 2.05) is 30.0 Å². The van der Waals surface area contributed by atoms with Crippen LogP contribution in [0.5, 0.6) is 0 Å². The van der Waals surface area contributed by atoms with Gasteiger partial charge in [-0.2, -0.15) is 0 Å². The number of benzene rings is 1. The molecule has 1 amide bonds. The number of halogens is 2. The Balaban J connectivity index is 1.88. The fraction of sp³-hybridized carbons (Fsp3) is 0.556. The predicted octanol–water partition coefficient (Wildman–Crippen LogP) is 3.27. The summed E-state index contributed by atoms with van der Waals surface area (Å²) in [6, 6.07) is 5.77. The second-order valence-corrected chi connectivity index (χ2v) is 7.13. The zero-order valence-electron chi connectivity index (χ0n) is 15.0. The lowest BCUT2D eigenvalue weighted by Gasteiger charge is -2.21. The molecule has 1 saturated heterocycles. The molecule has 2 N–H and O–H groups in total. The molecular formula is C18H26Cl2N4O. The van der Waals surface area contributed by atoms with E-state index >= 15 is 0 Å². The van der Waals surface area contributed by atoms with Crippen LogP contribution in [0.2, 0.25) is 10.0 Å². The molecule has 1 aromatic rings. The van der Waals surface area contributed by atoms with Crippen molar-refractivity contribution < 1.29 is 4.79 Å². The fourth-order valence-electron chi connectivity index (χ4n) is 3.05. The minimum Gasteiger partial charge on any atom is -0.356 e. The first kappa shape index (κ1) is 19.9. The number of carbonyl (C=O) groups is 1. The smallest absolute Gasteiger partial charge is 0.222 e. The van der Waals surface area contributed by atoms with Gasteiger partial charge in [-0.15, -0.1) is 0 Å². The zero-order valence-corrected chi connectivity index (χ0v) is 16.5. The number of guanidine groups is 1. The highest BCUT2D eigenvalue weighted by molar-refractivity contribution is 6.36. The summed E-state index contributed by atoms with van der Waals surface area (Å²) in [6.45, 7) is 6.15. The first-order chi connectivity index (χ1) is 12.0. The monoisotopic (exact) mass is 384 g/mol. The van der Waals surface area contributed by atoms with E-state index in [1.165, 1.54) is 0 Å². The summed E-state index contributed by atoms with van der Waals surface area (Å²) in [4.78, 5) is 18.0. The zero-order chi connectivity index (χ0) is 18.4. The highest BCUT2D eigenvalue weighted by Crippen LogP contribution is 2.30. The van der Waals surface area contributed by atoms with Crippen LogP contribution in [0.15, 0.2) is 23.2 Å². The van der Waals surface area contributed by atoms with Crippen LogP contribution in [0.1, 0.15) is 38.2 Å². The van der Waals surface area contributed by atoms with Crippen molar-refractivity contribution in [1.29, 1.82) is 0 Å². The number of amides is 1. The molecule has 2 rings (SSSR count). The molecule has 0 saturated carbocycles. The number of nitrogens with one attached hydrogen (secondary N) is 2. The Bertz CT molecular complexity index is 615. The molecule has 0 radical (unpaired) electrons. The van der Waals surface area contributed by atoms with Gasteiger partial charge in [-0.05, 0) is 24.1 Å². The molecule has 0 aliphatic carbocycles. The third-order valence-electron chi connectivity index (χ3n) is 4.48. The maximum atomic E-state index is 11.8. The van der Waals surface area contributed by atoms with Crippen molar-refractivity contribution >= 4 is 35.1 Å². The lowest BCUT2D eigenvalue weighted by Crippen LogP contribution is -2.45. The topological polar surface area (TPSA) is 56.7 Å². The molecule has 7 heteroatoms.